The van der Waals surface area contributed by atoms with Crippen molar-refractivity contribution in [3.63, 3.8) is 0 Å². The number of hydrogen-bond acceptors (Lipinski definition) is 9. The number of nitrogens with one attached hydrogen (secondary N) is 4. The molecule has 11 heteroatoms. The zero-order chi connectivity index (χ0) is 33.3. The van der Waals surface area contributed by atoms with Crippen LogP contribution in [0.5, 0.6) is 11.5 Å². The average molecular weight is 649 g/mol. The molecular weight excluding hydrogens is 596 g/mol. The van der Waals surface area contributed by atoms with Crippen LogP contribution in [-0.4, -0.2) is 83.8 Å². The van der Waals surface area contributed by atoms with Gasteiger partial charge in [0.25, 0.3) is 0 Å². The summed E-state index contributed by atoms with van der Waals surface area (Å²) in [6.07, 6.45) is 3.36. The summed E-state index contributed by atoms with van der Waals surface area (Å²) in [5.74, 6) is 1.55. The first-order valence-corrected chi connectivity index (χ1v) is 17.2. The van der Waals surface area contributed by atoms with Crippen LogP contribution in [0, 0.1) is 0 Å². The van der Waals surface area contributed by atoms with Crippen LogP contribution in [0.3, 0.4) is 0 Å². The molecule has 0 bridgehead atoms. The minimum absolute atomic E-state index is 0.000488. The van der Waals surface area contributed by atoms with Gasteiger partial charge >= 0.3 is 12.2 Å². The molecule has 47 heavy (non-hydrogen) atoms. The lowest BCUT2D eigenvalue weighted by Crippen LogP contribution is -2.52. The number of rotatable bonds is 6. The third kappa shape index (κ3) is 8.20. The molecule has 4 fully saturated rings. The Morgan fingerprint density at radius 2 is 1.19 bits per heavy atom. The summed E-state index contributed by atoms with van der Waals surface area (Å²) in [4.78, 5) is 29.4. The fraction of sp³-hybridized carbons (Fsp3) is 0.611. The number of carbonyl (C=O) groups excluding carboxylic acids is 2. The Labute approximate surface area is 279 Å². The number of benzene rings is 2. The summed E-state index contributed by atoms with van der Waals surface area (Å²) < 4.78 is 17.6. The van der Waals surface area contributed by atoms with Gasteiger partial charge in [0.1, 0.15) is 22.7 Å². The first kappa shape index (κ1) is 33.5. The topological polar surface area (TPSA) is 116 Å². The molecule has 4 unspecified atom stereocenters. The highest BCUT2D eigenvalue weighted by atomic mass is 16.6. The van der Waals surface area contributed by atoms with E-state index in [1.165, 1.54) is 5.56 Å². The van der Waals surface area contributed by atoms with Crippen LogP contribution in [0.4, 0.5) is 9.59 Å². The zero-order valence-electron chi connectivity index (χ0n) is 28.7. The third-order valence-corrected chi connectivity index (χ3v) is 9.25. The lowest BCUT2D eigenvalue weighted by molar-refractivity contribution is 0.0183. The Hall–Kier alpha value is -3.38. The third-order valence-electron chi connectivity index (χ3n) is 9.25. The van der Waals surface area contributed by atoms with E-state index >= 15 is 0 Å². The van der Waals surface area contributed by atoms with E-state index in [4.69, 9.17) is 14.2 Å². The van der Waals surface area contributed by atoms with Gasteiger partial charge in [-0.1, -0.05) is 24.3 Å². The normalized spacial score (nSPS) is 28.1. The Balaban J connectivity index is 1.02. The molecule has 2 aromatic carbocycles. The molecular formula is C36H52N6O5. The highest BCUT2D eigenvalue weighted by molar-refractivity contribution is 5.69. The molecule has 0 spiro atoms. The number of likely N-dealkylation sites (tertiary alicyclic amines) is 2. The lowest BCUT2D eigenvalue weighted by atomic mass is 10.1. The van der Waals surface area contributed by atoms with E-state index < -0.39 is 11.2 Å². The van der Waals surface area contributed by atoms with Crippen molar-refractivity contribution in [2.24, 2.45) is 0 Å². The molecule has 4 heterocycles. The van der Waals surface area contributed by atoms with Gasteiger partial charge in [-0.15, -0.1) is 0 Å². The first-order valence-electron chi connectivity index (χ1n) is 17.2. The minimum atomic E-state index is -0.514. The van der Waals surface area contributed by atoms with Gasteiger partial charge in [-0.3, -0.25) is 21.3 Å². The number of nitrogens with zero attached hydrogens (tertiary/aromatic N) is 2. The van der Waals surface area contributed by atoms with Crippen molar-refractivity contribution in [1.29, 1.82) is 0 Å². The maximum atomic E-state index is 12.8. The van der Waals surface area contributed by atoms with Crippen molar-refractivity contribution in [2.45, 2.75) is 115 Å². The van der Waals surface area contributed by atoms with Gasteiger partial charge in [-0.25, -0.2) is 9.59 Å². The molecule has 0 aromatic heterocycles. The van der Waals surface area contributed by atoms with E-state index in [0.717, 1.165) is 62.4 Å². The molecule has 4 N–H and O–H groups in total. The summed E-state index contributed by atoms with van der Waals surface area (Å²) in [5.41, 5.74) is 1.28. The second-order valence-electron chi connectivity index (χ2n) is 15.2. The maximum absolute atomic E-state index is 12.8. The van der Waals surface area contributed by atoms with Crippen LogP contribution in [0.1, 0.15) is 90.4 Å². The molecule has 0 radical (unpaired) electrons. The molecule has 4 aliphatic heterocycles. The largest absolute Gasteiger partial charge is 0.457 e. The monoisotopic (exact) mass is 648 g/mol. The Kier molecular flexibility index (Phi) is 9.71. The van der Waals surface area contributed by atoms with Crippen molar-refractivity contribution in [2.75, 3.05) is 26.2 Å². The first-order chi connectivity index (χ1) is 22.3. The fourth-order valence-corrected chi connectivity index (χ4v) is 7.15. The molecule has 0 saturated carbocycles. The van der Waals surface area contributed by atoms with Gasteiger partial charge in [-0.2, -0.15) is 0 Å². The molecule has 11 nitrogen and oxygen atoms in total. The van der Waals surface area contributed by atoms with Gasteiger partial charge in [0.05, 0.1) is 24.4 Å². The van der Waals surface area contributed by atoms with Crippen molar-refractivity contribution >= 4 is 12.2 Å². The number of ether oxygens (including phenoxy) is 3. The van der Waals surface area contributed by atoms with Gasteiger partial charge in [-0.05, 0) is 103 Å². The number of hydrogen-bond donors (Lipinski definition) is 4. The van der Waals surface area contributed by atoms with E-state index in [2.05, 4.69) is 45.5 Å². The van der Waals surface area contributed by atoms with Gasteiger partial charge in [0.2, 0.25) is 0 Å². The van der Waals surface area contributed by atoms with Gasteiger partial charge in [0, 0.05) is 38.3 Å². The molecule has 6 rings (SSSR count). The standard InChI is InChI=1S/C36H52N6O5/c1-35(2,3)46-33(43)41-18-8-12-29(41)31-37-21-27(39-31)23-14-16-25(17-15-23)45-26-11-7-10-24(20-26)28-22-38-32(40-28)30-13-9-19-42(30)34(44)47-36(4,5)6/h7,10-11,14-17,20,27-32,37-40H,8-9,12-13,18-19,21-22H2,1-6H3/t27?,28?,29-,30-,31?,32?/m0/s1. The molecule has 2 amide bonds. The molecule has 256 valence electrons. The zero-order valence-corrected chi connectivity index (χ0v) is 28.7. The van der Waals surface area contributed by atoms with Crippen LogP contribution >= 0.6 is 0 Å². The minimum Gasteiger partial charge on any atom is -0.457 e. The fourth-order valence-electron chi connectivity index (χ4n) is 7.15. The van der Waals surface area contributed by atoms with E-state index in [9.17, 15) is 9.59 Å². The summed E-state index contributed by atoms with van der Waals surface area (Å²) in [7, 11) is 0. The maximum Gasteiger partial charge on any atom is 0.410 e. The predicted molar refractivity (Wildman–Crippen MR) is 180 cm³/mol. The second-order valence-corrected chi connectivity index (χ2v) is 15.2. The Morgan fingerprint density at radius 3 is 1.70 bits per heavy atom. The molecule has 4 aliphatic rings. The van der Waals surface area contributed by atoms with Crippen molar-refractivity contribution < 1.29 is 23.8 Å². The van der Waals surface area contributed by atoms with Gasteiger partial charge in [0.15, 0.2) is 0 Å². The smallest absolute Gasteiger partial charge is 0.410 e. The number of carbonyl (C=O) groups is 2. The summed E-state index contributed by atoms with van der Waals surface area (Å²) in [6.45, 7) is 14.4. The lowest BCUT2D eigenvalue weighted by Gasteiger charge is -2.32. The van der Waals surface area contributed by atoms with Gasteiger partial charge < -0.3 is 24.0 Å². The quantitative estimate of drug-likeness (QED) is 0.327. The van der Waals surface area contributed by atoms with E-state index in [-0.39, 0.29) is 48.7 Å². The molecule has 2 aromatic rings. The van der Waals surface area contributed by atoms with Crippen molar-refractivity contribution in [3.8, 4) is 11.5 Å². The Morgan fingerprint density at radius 1 is 0.681 bits per heavy atom. The molecule has 6 atom stereocenters. The van der Waals surface area contributed by atoms with E-state index in [1.807, 2.05) is 75.6 Å². The predicted octanol–water partition coefficient (Wildman–Crippen LogP) is 5.40. The van der Waals surface area contributed by atoms with Crippen LogP contribution in [0.2, 0.25) is 0 Å². The van der Waals surface area contributed by atoms with Crippen LogP contribution in [0.15, 0.2) is 48.5 Å². The average Bonchev–Trinajstić information content (AvgIpc) is 3.82. The summed E-state index contributed by atoms with van der Waals surface area (Å²) >= 11 is 0. The highest BCUT2D eigenvalue weighted by Crippen LogP contribution is 2.31. The van der Waals surface area contributed by atoms with Crippen molar-refractivity contribution in [1.82, 2.24) is 31.1 Å². The van der Waals surface area contributed by atoms with Crippen LogP contribution < -0.4 is 26.0 Å². The van der Waals surface area contributed by atoms with Crippen LogP contribution in [-0.2, 0) is 9.47 Å². The summed E-state index contributed by atoms with van der Waals surface area (Å²) in [6, 6.07) is 16.8. The second kappa shape index (κ2) is 13.6. The number of amides is 2. The van der Waals surface area contributed by atoms with Crippen LogP contribution in [0.25, 0.3) is 0 Å². The summed E-state index contributed by atoms with van der Waals surface area (Å²) in [5, 5.41) is 14.6. The molecule has 0 aliphatic carbocycles. The molecule has 4 saturated heterocycles. The van der Waals surface area contributed by atoms with E-state index in [1.54, 1.807) is 0 Å². The van der Waals surface area contributed by atoms with E-state index in [0.29, 0.717) is 6.54 Å². The van der Waals surface area contributed by atoms with Crippen molar-refractivity contribution in [3.05, 3.63) is 59.7 Å². The Bertz CT molecular complexity index is 1410. The SMILES string of the molecule is CC(C)(C)OC(=O)N1CCC[C@H]1C1NCC(c2ccc(Oc3cccc(C4CNC([C@@H]5CCCN5C(=O)OC(C)(C)C)N4)c3)cc2)N1. The highest BCUT2D eigenvalue weighted by Gasteiger charge is 2.41.